The first-order valence-electron chi connectivity index (χ1n) is 8.73. The average Bonchev–Trinajstić information content (AvgIpc) is 2.57. The van der Waals surface area contributed by atoms with Crippen molar-refractivity contribution in [2.45, 2.75) is 57.9 Å². The SMILES string of the molecule is CCS(=O)(=O)N1CCCC(C(=O)NC2(C(=O)O)CCC(C)CC2)C1. The summed E-state index contributed by atoms with van der Waals surface area (Å²) in [6.07, 6.45) is 3.61. The van der Waals surface area contributed by atoms with Crippen molar-refractivity contribution >= 4 is 21.9 Å². The second-order valence-corrected chi connectivity index (χ2v) is 9.41. The number of hydrogen-bond acceptors (Lipinski definition) is 4. The molecule has 2 rings (SSSR count). The van der Waals surface area contributed by atoms with Gasteiger partial charge in [0.25, 0.3) is 0 Å². The van der Waals surface area contributed by atoms with E-state index in [2.05, 4.69) is 12.2 Å². The average molecular weight is 360 g/mol. The quantitative estimate of drug-likeness (QED) is 0.767. The summed E-state index contributed by atoms with van der Waals surface area (Å²) in [5.74, 6) is -1.32. The highest BCUT2D eigenvalue weighted by atomic mass is 32.2. The molecule has 8 heteroatoms. The van der Waals surface area contributed by atoms with Crippen LogP contribution in [0.15, 0.2) is 0 Å². The van der Waals surface area contributed by atoms with Gasteiger partial charge in [0.05, 0.1) is 11.7 Å². The highest BCUT2D eigenvalue weighted by Gasteiger charge is 2.44. The fourth-order valence-electron chi connectivity index (χ4n) is 3.58. The Morgan fingerprint density at radius 1 is 1.25 bits per heavy atom. The number of nitrogens with one attached hydrogen (secondary N) is 1. The van der Waals surface area contributed by atoms with Gasteiger partial charge in [0.15, 0.2) is 0 Å². The van der Waals surface area contributed by atoms with Crippen molar-refractivity contribution < 1.29 is 23.1 Å². The molecule has 1 saturated carbocycles. The zero-order valence-electron chi connectivity index (χ0n) is 14.5. The number of carboxylic acid groups (broad SMARTS) is 1. The van der Waals surface area contributed by atoms with Crippen LogP contribution < -0.4 is 5.32 Å². The molecule has 24 heavy (non-hydrogen) atoms. The van der Waals surface area contributed by atoms with Gasteiger partial charge in [-0.25, -0.2) is 17.5 Å². The van der Waals surface area contributed by atoms with E-state index in [0.29, 0.717) is 38.1 Å². The van der Waals surface area contributed by atoms with Gasteiger partial charge in [0.1, 0.15) is 5.54 Å². The number of amides is 1. The first-order valence-corrected chi connectivity index (χ1v) is 10.3. The second kappa shape index (κ2) is 7.39. The van der Waals surface area contributed by atoms with Crippen molar-refractivity contribution in [1.82, 2.24) is 9.62 Å². The lowest BCUT2D eigenvalue weighted by molar-refractivity contribution is -0.150. The summed E-state index contributed by atoms with van der Waals surface area (Å²) < 4.78 is 25.4. The predicted octanol–water partition coefficient (Wildman–Crippen LogP) is 1.20. The molecule has 1 aliphatic heterocycles. The molecule has 1 unspecified atom stereocenters. The van der Waals surface area contributed by atoms with Crippen LogP contribution >= 0.6 is 0 Å². The Kier molecular flexibility index (Phi) is 5.91. The van der Waals surface area contributed by atoms with Crippen molar-refractivity contribution in [3.8, 4) is 0 Å². The minimum absolute atomic E-state index is 0.0122. The van der Waals surface area contributed by atoms with E-state index in [4.69, 9.17) is 0 Å². The molecule has 2 N–H and O–H groups in total. The summed E-state index contributed by atoms with van der Waals surface area (Å²) in [5.41, 5.74) is -1.20. The molecule has 138 valence electrons. The van der Waals surface area contributed by atoms with E-state index in [1.165, 1.54) is 4.31 Å². The smallest absolute Gasteiger partial charge is 0.329 e. The summed E-state index contributed by atoms with van der Waals surface area (Å²) in [7, 11) is -3.32. The molecule has 0 aromatic heterocycles. The first-order chi connectivity index (χ1) is 11.2. The molecule has 7 nitrogen and oxygen atoms in total. The van der Waals surface area contributed by atoms with Crippen LogP contribution in [0.4, 0.5) is 0 Å². The number of aliphatic carboxylic acids is 1. The third-order valence-corrected chi connectivity index (χ3v) is 7.26. The van der Waals surface area contributed by atoms with Gasteiger partial charge in [0, 0.05) is 13.1 Å². The predicted molar refractivity (Wildman–Crippen MR) is 89.9 cm³/mol. The molecule has 2 fully saturated rings. The van der Waals surface area contributed by atoms with Crippen LogP contribution in [0.1, 0.15) is 52.4 Å². The van der Waals surface area contributed by atoms with Crippen LogP contribution in [0.25, 0.3) is 0 Å². The number of rotatable bonds is 5. The highest BCUT2D eigenvalue weighted by molar-refractivity contribution is 7.89. The summed E-state index contributed by atoms with van der Waals surface area (Å²) in [5, 5.41) is 12.4. The molecule has 1 saturated heterocycles. The minimum Gasteiger partial charge on any atom is -0.480 e. The maximum atomic E-state index is 12.6. The van der Waals surface area contributed by atoms with Crippen molar-refractivity contribution in [2.75, 3.05) is 18.8 Å². The molecular formula is C16H28N2O5S. The normalized spacial score (nSPS) is 32.2. The largest absolute Gasteiger partial charge is 0.480 e. The van der Waals surface area contributed by atoms with Gasteiger partial charge in [-0.2, -0.15) is 0 Å². The number of hydrogen-bond donors (Lipinski definition) is 2. The van der Waals surface area contributed by atoms with Crippen molar-refractivity contribution in [3.05, 3.63) is 0 Å². The molecule has 0 spiro atoms. The van der Waals surface area contributed by atoms with E-state index < -0.39 is 27.4 Å². The lowest BCUT2D eigenvalue weighted by Gasteiger charge is -2.38. The van der Waals surface area contributed by atoms with E-state index in [9.17, 15) is 23.1 Å². The lowest BCUT2D eigenvalue weighted by Crippen LogP contribution is -2.59. The Morgan fingerprint density at radius 2 is 1.88 bits per heavy atom. The first kappa shape index (κ1) is 19.2. The van der Waals surface area contributed by atoms with Crippen molar-refractivity contribution in [2.24, 2.45) is 11.8 Å². The summed E-state index contributed by atoms with van der Waals surface area (Å²) in [6.45, 7) is 4.25. The summed E-state index contributed by atoms with van der Waals surface area (Å²) in [4.78, 5) is 24.4. The maximum Gasteiger partial charge on any atom is 0.329 e. The number of carboxylic acids is 1. The second-order valence-electron chi connectivity index (χ2n) is 7.16. The molecular weight excluding hydrogens is 332 g/mol. The minimum atomic E-state index is -3.32. The van der Waals surface area contributed by atoms with Crippen molar-refractivity contribution in [3.63, 3.8) is 0 Å². The van der Waals surface area contributed by atoms with E-state index in [0.717, 1.165) is 12.8 Å². The van der Waals surface area contributed by atoms with Crippen LogP contribution in [-0.4, -0.2) is 54.1 Å². The monoisotopic (exact) mass is 360 g/mol. The van der Waals surface area contributed by atoms with Crippen LogP contribution in [-0.2, 0) is 19.6 Å². The topological polar surface area (TPSA) is 104 Å². The number of piperidine rings is 1. The summed E-state index contributed by atoms with van der Waals surface area (Å²) >= 11 is 0. The molecule has 0 radical (unpaired) electrons. The zero-order chi connectivity index (χ0) is 18.0. The molecule has 0 bridgehead atoms. The number of carbonyl (C=O) groups excluding carboxylic acids is 1. The number of carbonyl (C=O) groups is 2. The van der Waals surface area contributed by atoms with Crippen molar-refractivity contribution in [1.29, 1.82) is 0 Å². The number of nitrogens with zero attached hydrogens (tertiary/aromatic N) is 1. The number of sulfonamides is 1. The van der Waals surface area contributed by atoms with Gasteiger partial charge >= 0.3 is 5.97 Å². The van der Waals surface area contributed by atoms with Gasteiger partial charge in [-0.15, -0.1) is 0 Å². The molecule has 2 aliphatic rings. The van der Waals surface area contributed by atoms with Crippen LogP contribution in [0.3, 0.4) is 0 Å². The standard InChI is InChI=1S/C16H28N2O5S/c1-3-24(22,23)18-10-4-5-13(11-18)14(19)17-16(15(20)21)8-6-12(2)7-9-16/h12-13H,3-11H2,1-2H3,(H,17,19)(H,20,21). The molecule has 1 amide bonds. The van der Waals surface area contributed by atoms with Gasteiger partial charge in [-0.3, -0.25) is 4.79 Å². The van der Waals surface area contributed by atoms with E-state index >= 15 is 0 Å². The van der Waals surface area contributed by atoms with Gasteiger partial charge in [0.2, 0.25) is 15.9 Å². The Bertz CT molecular complexity index is 581. The van der Waals surface area contributed by atoms with Gasteiger partial charge < -0.3 is 10.4 Å². The lowest BCUT2D eigenvalue weighted by atomic mass is 9.76. The van der Waals surface area contributed by atoms with Crippen LogP contribution in [0.2, 0.25) is 0 Å². The Labute approximate surface area is 143 Å². The van der Waals surface area contributed by atoms with E-state index in [-0.39, 0.29) is 18.2 Å². The van der Waals surface area contributed by atoms with Crippen LogP contribution in [0.5, 0.6) is 0 Å². The third-order valence-electron chi connectivity index (χ3n) is 5.41. The third kappa shape index (κ3) is 4.08. The molecule has 0 aromatic rings. The maximum absolute atomic E-state index is 12.6. The zero-order valence-corrected chi connectivity index (χ0v) is 15.3. The molecule has 1 aliphatic carbocycles. The highest BCUT2D eigenvalue weighted by Crippen LogP contribution is 2.33. The van der Waals surface area contributed by atoms with Crippen LogP contribution in [0, 0.1) is 11.8 Å². The molecule has 1 atom stereocenters. The Hall–Kier alpha value is -1.15. The summed E-state index contributed by atoms with van der Waals surface area (Å²) in [6, 6.07) is 0. The molecule has 0 aromatic carbocycles. The Morgan fingerprint density at radius 3 is 2.42 bits per heavy atom. The molecule has 1 heterocycles. The fourth-order valence-corrected chi connectivity index (χ4v) is 4.76. The van der Waals surface area contributed by atoms with E-state index in [1.54, 1.807) is 6.92 Å². The van der Waals surface area contributed by atoms with Gasteiger partial charge in [-0.05, 0) is 51.4 Å². The Balaban J connectivity index is 2.06. The van der Waals surface area contributed by atoms with Gasteiger partial charge in [-0.1, -0.05) is 6.92 Å². The van der Waals surface area contributed by atoms with E-state index in [1.807, 2.05) is 0 Å². The fraction of sp³-hybridized carbons (Fsp3) is 0.875.